The van der Waals surface area contributed by atoms with Gasteiger partial charge in [0, 0.05) is 17.8 Å². The van der Waals surface area contributed by atoms with Crippen LogP contribution >= 0.6 is 0 Å². The molecule has 0 aliphatic heterocycles. The lowest BCUT2D eigenvalue weighted by Crippen LogP contribution is -2.15. The van der Waals surface area contributed by atoms with E-state index in [1.54, 1.807) is 13.8 Å². The third kappa shape index (κ3) is 3.56. The van der Waals surface area contributed by atoms with E-state index < -0.39 is 18.0 Å². The highest BCUT2D eigenvalue weighted by Gasteiger charge is 2.38. The number of nitrogens with zero attached hydrogens (tertiary/aromatic N) is 3. The molecule has 112 valence electrons. The average molecular weight is 301 g/mol. The minimum Gasteiger partial charge on any atom is -0.407 e. The Hall–Kier alpha value is -2.45. The molecule has 9 heteroatoms. The summed E-state index contributed by atoms with van der Waals surface area (Å²) in [4.78, 5) is 18.4. The van der Waals surface area contributed by atoms with Crippen molar-refractivity contribution < 1.29 is 27.2 Å². The van der Waals surface area contributed by atoms with E-state index in [-0.39, 0.29) is 23.2 Å². The number of carbonyl (C=O) groups is 1. The molecular formula is C12H10F3N3O3. The molecule has 2 rings (SSSR count). The maximum atomic E-state index is 12.3. The van der Waals surface area contributed by atoms with E-state index in [4.69, 9.17) is 4.74 Å². The molecule has 0 amide bonds. The van der Waals surface area contributed by atoms with Crippen molar-refractivity contribution in [3.05, 3.63) is 24.2 Å². The second kappa shape index (κ2) is 5.51. The second-order valence-corrected chi connectivity index (χ2v) is 4.38. The Morgan fingerprint density at radius 2 is 2.05 bits per heavy atom. The Morgan fingerprint density at radius 1 is 1.33 bits per heavy atom. The first-order valence-corrected chi connectivity index (χ1v) is 5.86. The van der Waals surface area contributed by atoms with Crippen LogP contribution in [-0.2, 0) is 11.0 Å². The van der Waals surface area contributed by atoms with Gasteiger partial charge in [-0.1, -0.05) is 19.0 Å². The van der Waals surface area contributed by atoms with Crippen LogP contribution in [0.3, 0.4) is 0 Å². The highest BCUT2D eigenvalue weighted by molar-refractivity contribution is 5.74. The third-order valence-electron chi connectivity index (χ3n) is 2.34. The van der Waals surface area contributed by atoms with Gasteiger partial charge in [0.05, 0.1) is 5.92 Å². The minimum atomic E-state index is -4.70. The van der Waals surface area contributed by atoms with Gasteiger partial charge in [-0.25, -0.2) is 4.98 Å². The van der Waals surface area contributed by atoms with Crippen molar-refractivity contribution in [1.29, 1.82) is 0 Å². The molecule has 0 atom stereocenters. The maximum Gasteiger partial charge on any atom is 0.471 e. The largest absolute Gasteiger partial charge is 0.471 e. The summed E-state index contributed by atoms with van der Waals surface area (Å²) < 4.78 is 46.0. The first-order chi connectivity index (χ1) is 9.77. The minimum absolute atomic E-state index is 0.0389. The lowest BCUT2D eigenvalue weighted by Gasteiger charge is -2.05. The zero-order valence-corrected chi connectivity index (χ0v) is 11.0. The highest BCUT2D eigenvalue weighted by Crippen LogP contribution is 2.29. The van der Waals surface area contributed by atoms with Crippen LogP contribution in [-0.4, -0.2) is 21.1 Å². The maximum absolute atomic E-state index is 12.3. The quantitative estimate of drug-likeness (QED) is 0.811. The molecule has 6 nitrogen and oxygen atoms in total. The Bertz CT molecular complexity index is 635. The smallest absolute Gasteiger partial charge is 0.407 e. The molecule has 0 spiro atoms. The predicted octanol–water partition coefficient (Wildman–Crippen LogP) is 2.71. The van der Waals surface area contributed by atoms with E-state index >= 15 is 0 Å². The summed E-state index contributed by atoms with van der Waals surface area (Å²) in [6.07, 6.45) is -3.51. The fourth-order valence-corrected chi connectivity index (χ4v) is 1.25. The number of aromatic nitrogens is 3. The first-order valence-electron chi connectivity index (χ1n) is 5.86. The molecule has 2 heterocycles. The van der Waals surface area contributed by atoms with E-state index in [1.807, 2.05) is 0 Å². The Kier molecular flexibility index (Phi) is 3.92. The van der Waals surface area contributed by atoms with Crippen molar-refractivity contribution in [2.24, 2.45) is 5.92 Å². The Balaban J connectivity index is 2.16. The SMILES string of the molecule is CC(C)C(=O)Oc1ccc(-c2noc(C(F)(F)F)n2)cn1. The normalized spacial score (nSPS) is 11.7. The average Bonchev–Trinajstić information content (AvgIpc) is 2.89. The number of pyridine rings is 1. The van der Waals surface area contributed by atoms with Gasteiger partial charge in [0.15, 0.2) is 0 Å². The molecule has 0 bridgehead atoms. The summed E-state index contributed by atoms with van der Waals surface area (Å²) in [5.74, 6) is -2.44. The van der Waals surface area contributed by atoms with Gasteiger partial charge in [-0.15, -0.1) is 0 Å². The zero-order valence-electron chi connectivity index (χ0n) is 11.0. The van der Waals surface area contributed by atoms with Crippen molar-refractivity contribution >= 4 is 5.97 Å². The number of hydrogen-bond acceptors (Lipinski definition) is 6. The number of ether oxygens (including phenoxy) is 1. The lowest BCUT2D eigenvalue weighted by molar-refractivity contribution is -0.159. The molecule has 0 fully saturated rings. The van der Waals surface area contributed by atoms with Crippen LogP contribution in [0.25, 0.3) is 11.4 Å². The van der Waals surface area contributed by atoms with Gasteiger partial charge in [0.25, 0.3) is 0 Å². The molecule has 0 radical (unpaired) electrons. The van der Waals surface area contributed by atoms with Crippen LogP contribution in [0.4, 0.5) is 13.2 Å². The van der Waals surface area contributed by atoms with Crippen LogP contribution in [0.5, 0.6) is 5.88 Å². The molecule has 0 aliphatic rings. The standard InChI is InChI=1S/C12H10F3N3O3/c1-6(2)10(19)20-8-4-3-7(5-16-8)9-17-11(21-18-9)12(13,14)15/h3-6H,1-2H3. The molecule has 0 saturated heterocycles. The molecule has 0 unspecified atom stereocenters. The monoisotopic (exact) mass is 301 g/mol. The molecule has 0 aliphatic carbocycles. The second-order valence-electron chi connectivity index (χ2n) is 4.38. The van der Waals surface area contributed by atoms with E-state index in [2.05, 4.69) is 19.6 Å². The molecular weight excluding hydrogens is 291 g/mol. The van der Waals surface area contributed by atoms with Crippen molar-refractivity contribution in [3.63, 3.8) is 0 Å². The van der Waals surface area contributed by atoms with Crippen molar-refractivity contribution in [2.75, 3.05) is 0 Å². The number of carbonyl (C=O) groups excluding carboxylic acids is 1. The van der Waals surface area contributed by atoms with Gasteiger partial charge in [0.2, 0.25) is 11.7 Å². The molecule has 2 aromatic heterocycles. The van der Waals surface area contributed by atoms with E-state index in [9.17, 15) is 18.0 Å². The summed E-state index contributed by atoms with van der Waals surface area (Å²) >= 11 is 0. The van der Waals surface area contributed by atoms with Gasteiger partial charge in [-0.3, -0.25) is 4.79 Å². The van der Waals surface area contributed by atoms with Gasteiger partial charge >= 0.3 is 18.0 Å². The Morgan fingerprint density at radius 3 is 2.52 bits per heavy atom. The molecule has 0 saturated carbocycles. The topological polar surface area (TPSA) is 78.1 Å². The number of rotatable bonds is 3. The summed E-state index contributed by atoms with van der Waals surface area (Å²) in [5.41, 5.74) is 0.207. The highest BCUT2D eigenvalue weighted by atomic mass is 19.4. The van der Waals surface area contributed by atoms with Gasteiger partial charge < -0.3 is 9.26 Å². The van der Waals surface area contributed by atoms with Crippen molar-refractivity contribution in [3.8, 4) is 17.3 Å². The van der Waals surface area contributed by atoms with Crippen LogP contribution in [0.2, 0.25) is 0 Å². The zero-order chi connectivity index (χ0) is 15.6. The van der Waals surface area contributed by atoms with Gasteiger partial charge in [-0.05, 0) is 6.07 Å². The van der Waals surface area contributed by atoms with Crippen molar-refractivity contribution in [2.45, 2.75) is 20.0 Å². The fraction of sp³-hybridized carbons (Fsp3) is 0.333. The van der Waals surface area contributed by atoms with Crippen molar-refractivity contribution in [1.82, 2.24) is 15.1 Å². The van der Waals surface area contributed by atoms with Crippen LogP contribution < -0.4 is 4.74 Å². The molecule has 0 aromatic carbocycles. The summed E-state index contributed by atoms with van der Waals surface area (Å²) in [6.45, 7) is 3.32. The summed E-state index contributed by atoms with van der Waals surface area (Å²) in [7, 11) is 0. The number of hydrogen-bond donors (Lipinski definition) is 0. The van der Waals surface area contributed by atoms with E-state index in [0.29, 0.717) is 0 Å². The van der Waals surface area contributed by atoms with Crippen LogP contribution in [0.1, 0.15) is 19.7 Å². The third-order valence-corrected chi connectivity index (χ3v) is 2.34. The van der Waals surface area contributed by atoms with E-state index in [1.165, 1.54) is 18.3 Å². The molecule has 0 N–H and O–H groups in total. The first kappa shape index (κ1) is 14.9. The fourth-order valence-electron chi connectivity index (χ4n) is 1.25. The molecule has 21 heavy (non-hydrogen) atoms. The van der Waals surface area contributed by atoms with Crippen LogP contribution in [0, 0.1) is 5.92 Å². The number of esters is 1. The van der Waals surface area contributed by atoms with Crippen LogP contribution in [0.15, 0.2) is 22.9 Å². The molecule has 2 aromatic rings. The number of alkyl halides is 3. The lowest BCUT2D eigenvalue weighted by atomic mass is 10.2. The van der Waals surface area contributed by atoms with E-state index in [0.717, 1.165) is 0 Å². The van der Waals surface area contributed by atoms with Gasteiger partial charge in [0.1, 0.15) is 0 Å². The Labute approximate surface area is 116 Å². The number of halogens is 3. The summed E-state index contributed by atoms with van der Waals surface area (Å²) in [5, 5.41) is 3.22. The summed E-state index contributed by atoms with van der Waals surface area (Å²) in [6, 6.07) is 2.71. The predicted molar refractivity (Wildman–Crippen MR) is 63.0 cm³/mol. The van der Waals surface area contributed by atoms with Gasteiger partial charge in [-0.2, -0.15) is 18.2 Å².